The van der Waals surface area contributed by atoms with Gasteiger partial charge < -0.3 is 15.1 Å². The first-order valence-corrected chi connectivity index (χ1v) is 9.76. The molecule has 0 unspecified atom stereocenters. The summed E-state index contributed by atoms with van der Waals surface area (Å²) < 4.78 is 0. The van der Waals surface area contributed by atoms with Gasteiger partial charge in [0.05, 0.1) is 11.4 Å². The van der Waals surface area contributed by atoms with Gasteiger partial charge in [-0.05, 0) is 37.5 Å². The first-order valence-electron chi connectivity index (χ1n) is 8.39. The molecule has 0 radical (unpaired) electrons. The number of hydrogen-bond acceptors (Lipinski definition) is 4. The van der Waals surface area contributed by atoms with Crippen LogP contribution in [0.1, 0.15) is 25.7 Å². The molecule has 0 atom stereocenters. The van der Waals surface area contributed by atoms with E-state index in [9.17, 15) is 9.59 Å². The fourth-order valence-electron chi connectivity index (χ4n) is 3.10. The van der Waals surface area contributed by atoms with Crippen LogP contribution in [0.15, 0.2) is 18.2 Å². The van der Waals surface area contributed by atoms with Crippen LogP contribution in [-0.2, 0) is 4.79 Å². The second-order valence-electron chi connectivity index (χ2n) is 6.11. The van der Waals surface area contributed by atoms with Gasteiger partial charge in [0.1, 0.15) is 0 Å². The van der Waals surface area contributed by atoms with Gasteiger partial charge in [-0.2, -0.15) is 0 Å². The number of anilines is 2. The van der Waals surface area contributed by atoms with E-state index in [1.54, 1.807) is 11.0 Å². The highest BCUT2D eigenvalue weighted by Crippen LogP contribution is 2.31. The van der Waals surface area contributed by atoms with Crippen molar-refractivity contribution in [2.75, 3.05) is 42.1 Å². The molecule has 2 saturated heterocycles. The number of carbonyl (C=O) groups is 2. The van der Waals surface area contributed by atoms with Crippen molar-refractivity contribution in [2.45, 2.75) is 25.7 Å². The first-order chi connectivity index (χ1) is 11.6. The lowest BCUT2D eigenvalue weighted by atomic mass is 10.1. The first kappa shape index (κ1) is 17.4. The average Bonchev–Trinajstić information content (AvgIpc) is 2.99. The molecule has 5 nitrogen and oxygen atoms in total. The zero-order chi connectivity index (χ0) is 16.9. The monoisotopic (exact) mass is 367 g/mol. The van der Waals surface area contributed by atoms with Gasteiger partial charge in [0.2, 0.25) is 5.91 Å². The van der Waals surface area contributed by atoms with Crippen molar-refractivity contribution in [1.82, 2.24) is 4.90 Å². The van der Waals surface area contributed by atoms with E-state index in [1.165, 1.54) is 31.0 Å². The number of nitrogens with zero attached hydrogens (tertiary/aromatic N) is 2. The third-order valence-electron chi connectivity index (χ3n) is 4.38. The number of nitrogens with one attached hydrogen (secondary N) is 1. The molecule has 2 heterocycles. The quantitative estimate of drug-likeness (QED) is 0.859. The fraction of sp³-hybridized carbons (Fsp3) is 0.529. The molecule has 2 aliphatic heterocycles. The Balaban J connectivity index is 1.63. The van der Waals surface area contributed by atoms with E-state index in [4.69, 9.17) is 11.6 Å². The summed E-state index contributed by atoms with van der Waals surface area (Å²) >= 11 is 7.43. The van der Waals surface area contributed by atoms with Gasteiger partial charge >= 0.3 is 0 Å². The molecule has 1 N–H and O–H groups in total. The molecule has 0 bridgehead atoms. The second-order valence-corrected chi connectivity index (χ2v) is 7.59. The van der Waals surface area contributed by atoms with Crippen molar-refractivity contribution in [2.24, 2.45) is 0 Å². The summed E-state index contributed by atoms with van der Waals surface area (Å²) in [5.74, 6) is 0.730. The van der Waals surface area contributed by atoms with Gasteiger partial charge in [0.15, 0.2) is 0 Å². The highest BCUT2D eigenvalue weighted by Gasteiger charge is 2.22. The van der Waals surface area contributed by atoms with Gasteiger partial charge in [-0.1, -0.05) is 23.4 Å². The van der Waals surface area contributed by atoms with Crippen LogP contribution in [-0.4, -0.2) is 48.0 Å². The summed E-state index contributed by atoms with van der Waals surface area (Å²) in [4.78, 5) is 27.9. The van der Waals surface area contributed by atoms with E-state index in [0.29, 0.717) is 18.0 Å². The molecule has 0 aromatic heterocycles. The molecule has 1 aromatic rings. The van der Waals surface area contributed by atoms with Crippen molar-refractivity contribution in [3.63, 3.8) is 0 Å². The Labute approximate surface area is 151 Å². The van der Waals surface area contributed by atoms with Crippen LogP contribution in [0.25, 0.3) is 0 Å². The molecule has 2 aliphatic rings. The molecule has 7 heteroatoms. The number of piperidine rings is 1. The molecule has 1 aromatic carbocycles. The predicted octanol–water partition coefficient (Wildman–Crippen LogP) is 3.83. The number of carbonyl (C=O) groups excluding carboxylic acids is 2. The van der Waals surface area contributed by atoms with Crippen LogP contribution >= 0.6 is 23.4 Å². The van der Waals surface area contributed by atoms with E-state index in [1.807, 2.05) is 12.1 Å². The number of halogens is 1. The summed E-state index contributed by atoms with van der Waals surface area (Å²) in [6, 6.07) is 5.64. The van der Waals surface area contributed by atoms with Crippen molar-refractivity contribution in [1.29, 1.82) is 0 Å². The molecule has 0 spiro atoms. The predicted molar refractivity (Wildman–Crippen MR) is 100 cm³/mol. The minimum absolute atomic E-state index is 0.0690. The second kappa shape index (κ2) is 8.12. The third kappa shape index (κ3) is 4.36. The van der Waals surface area contributed by atoms with Crippen molar-refractivity contribution < 1.29 is 9.59 Å². The minimum atomic E-state index is -0.0831. The molecule has 0 aliphatic carbocycles. The molecule has 24 heavy (non-hydrogen) atoms. The van der Waals surface area contributed by atoms with Crippen LogP contribution in [0.3, 0.4) is 0 Å². The Hall–Kier alpha value is -1.40. The summed E-state index contributed by atoms with van der Waals surface area (Å²) in [5, 5.41) is 3.66. The lowest BCUT2D eigenvalue weighted by molar-refractivity contribution is -0.116. The SMILES string of the molecule is O=C(CCN1CCSC1=O)Nc1cc(Cl)ccc1N1CCCCC1. The Morgan fingerprint density at radius 2 is 2.00 bits per heavy atom. The van der Waals surface area contributed by atoms with E-state index in [-0.39, 0.29) is 11.1 Å². The van der Waals surface area contributed by atoms with Crippen LogP contribution in [0.4, 0.5) is 16.2 Å². The van der Waals surface area contributed by atoms with Gasteiger partial charge in [0, 0.05) is 43.4 Å². The van der Waals surface area contributed by atoms with Crippen LogP contribution in [0, 0.1) is 0 Å². The van der Waals surface area contributed by atoms with Gasteiger partial charge in [-0.15, -0.1) is 0 Å². The summed E-state index contributed by atoms with van der Waals surface area (Å²) in [5.41, 5.74) is 1.79. The zero-order valence-corrected chi connectivity index (χ0v) is 15.2. The lowest BCUT2D eigenvalue weighted by Crippen LogP contribution is -2.31. The van der Waals surface area contributed by atoms with Gasteiger partial charge in [-0.3, -0.25) is 9.59 Å². The fourth-order valence-corrected chi connectivity index (χ4v) is 4.12. The maximum Gasteiger partial charge on any atom is 0.281 e. The molecular formula is C17H22ClN3O2S. The summed E-state index contributed by atoms with van der Waals surface area (Å²) in [6.45, 7) is 3.21. The van der Waals surface area contributed by atoms with E-state index in [2.05, 4.69) is 10.2 Å². The number of hydrogen-bond donors (Lipinski definition) is 1. The minimum Gasteiger partial charge on any atom is -0.370 e. The van der Waals surface area contributed by atoms with E-state index >= 15 is 0 Å². The standard InChI is InChI=1S/C17H22ClN3O2S/c18-13-4-5-15(20-7-2-1-3-8-20)14(12-13)19-16(22)6-9-21-10-11-24-17(21)23/h4-5,12H,1-3,6-11H2,(H,19,22). The Morgan fingerprint density at radius 1 is 1.21 bits per heavy atom. The molecular weight excluding hydrogens is 346 g/mol. The van der Waals surface area contributed by atoms with Gasteiger partial charge in [-0.25, -0.2) is 0 Å². The molecule has 3 rings (SSSR count). The maximum absolute atomic E-state index is 12.3. The normalized spacial score (nSPS) is 18.1. The van der Waals surface area contributed by atoms with Crippen LogP contribution < -0.4 is 10.2 Å². The number of amides is 2. The van der Waals surface area contributed by atoms with Crippen molar-refractivity contribution >= 4 is 45.9 Å². The lowest BCUT2D eigenvalue weighted by Gasteiger charge is -2.30. The largest absolute Gasteiger partial charge is 0.370 e. The van der Waals surface area contributed by atoms with Crippen LogP contribution in [0.5, 0.6) is 0 Å². The Bertz CT molecular complexity index is 620. The number of rotatable bonds is 5. The molecule has 0 saturated carbocycles. The Morgan fingerprint density at radius 3 is 2.71 bits per heavy atom. The van der Waals surface area contributed by atoms with Crippen LogP contribution in [0.2, 0.25) is 5.02 Å². The Kier molecular flexibility index (Phi) is 5.89. The summed E-state index contributed by atoms with van der Waals surface area (Å²) in [6.07, 6.45) is 3.90. The van der Waals surface area contributed by atoms with E-state index in [0.717, 1.165) is 36.8 Å². The zero-order valence-electron chi connectivity index (χ0n) is 13.6. The van der Waals surface area contributed by atoms with Gasteiger partial charge in [0.25, 0.3) is 5.24 Å². The number of thioether (sulfide) groups is 1. The van der Waals surface area contributed by atoms with Crippen molar-refractivity contribution in [3.05, 3.63) is 23.2 Å². The highest BCUT2D eigenvalue weighted by molar-refractivity contribution is 8.13. The smallest absolute Gasteiger partial charge is 0.281 e. The average molecular weight is 368 g/mol. The summed E-state index contributed by atoms with van der Waals surface area (Å²) in [7, 11) is 0. The number of benzene rings is 1. The molecule has 2 amide bonds. The molecule has 130 valence electrons. The third-order valence-corrected chi connectivity index (χ3v) is 5.51. The highest BCUT2D eigenvalue weighted by atomic mass is 35.5. The maximum atomic E-state index is 12.3. The topological polar surface area (TPSA) is 52.7 Å². The van der Waals surface area contributed by atoms with Crippen molar-refractivity contribution in [3.8, 4) is 0 Å². The molecule has 2 fully saturated rings. The van der Waals surface area contributed by atoms with E-state index < -0.39 is 0 Å².